The van der Waals surface area contributed by atoms with Crippen LogP contribution in [0.3, 0.4) is 0 Å². The number of nitrogens with zero attached hydrogens (tertiary/aromatic N) is 4. The van der Waals surface area contributed by atoms with E-state index in [0.717, 1.165) is 0 Å². The summed E-state index contributed by atoms with van der Waals surface area (Å²) in [5.74, 6) is 0.255. The lowest BCUT2D eigenvalue weighted by molar-refractivity contribution is -0.187. The third kappa shape index (κ3) is 3.10. The summed E-state index contributed by atoms with van der Waals surface area (Å²) < 4.78 is 40.3. The van der Waals surface area contributed by atoms with Crippen LogP contribution >= 0.6 is 11.6 Å². The first-order valence-electron chi connectivity index (χ1n) is 4.94. The molecule has 0 saturated carbocycles. The maximum Gasteiger partial charge on any atom is 0.411 e. The molecule has 1 aliphatic rings. The number of nitrogen functional groups attached to an aromatic ring is 1. The summed E-state index contributed by atoms with van der Waals surface area (Å²) in [6, 6.07) is 0. The maximum atomic E-state index is 11.9. The molecule has 2 N–H and O–H groups in total. The Morgan fingerprint density at radius 2 is 2.06 bits per heavy atom. The Morgan fingerprint density at radius 1 is 1.39 bits per heavy atom. The van der Waals surface area contributed by atoms with Crippen LogP contribution in [-0.4, -0.2) is 47.2 Å². The zero-order chi connectivity index (χ0) is 13.3. The lowest BCUT2D eigenvalue weighted by Crippen LogP contribution is -2.53. The highest BCUT2D eigenvalue weighted by atomic mass is 35.5. The van der Waals surface area contributed by atoms with E-state index in [9.17, 15) is 13.2 Å². The highest BCUT2D eigenvalue weighted by Gasteiger charge is 2.35. The van der Waals surface area contributed by atoms with Crippen molar-refractivity contribution in [3.63, 3.8) is 0 Å². The Balaban J connectivity index is 1.83. The van der Waals surface area contributed by atoms with E-state index in [1.165, 1.54) is 0 Å². The fraction of sp³-hybridized carbons (Fsp3) is 0.625. The molecule has 0 amide bonds. The molecule has 1 fully saturated rings. The number of aromatic nitrogens is 3. The van der Waals surface area contributed by atoms with Gasteiger partial charge in [-0.05, 0) is 0 Å². The van der Waals surface area contributed by atoms with Crippen LogP contribution in [0.25, 0.3) is 0 Å². The molecular weight excluding hydrogens is 275 g/mol. The second-order valence-corrected chi connectivity index (χ2v) is 4.10. The summed E-state index contributed by atoms with van der Waals surface area (Å²) in [6.45, 7) is -0.731. The van der Waals surface area contributed by atoms with Crippen molar-refractivity contribution in [3.8, 4) is 0 Å². The fourth-order valence-electron chi connectivity index (χ4n) is 1.37. The predicted molar refractivity (Wildman–Crippen MR) is 57.3 cm³/mol. The van der Waals surface area contributed by atoms with E-state index in [-0.39, 0.29) is 30.0 Å². The SMILES string of the molecule is Nc1nc(N2CC(OCC(F)(F)F)C2)nnc1Cl. The van der Waals surface area contributed by atoms with E-state index in [1.807, 2.05) is 0 Å². The van der Waals surface area contributed by atoms with E-state index in [2.05, 4.69) is 19.9 Å². The molecule has 1 aromatic rings. The van der Waals surface area contributed by atoms with E-state index < -0.39 is 18.9 Å². The van der Waals surface area contributed by atoms with Gasteiger partial charge in [0.25, 0.3) is 0 Å². The lowest BCUT2D eigenvalue weighted by atomic mass is 10.2. The molecule has 0 atom stereocenters. The zero-order valence-electron chi connectivity index (χ0n) is 8.98. The molecular formula is C8H9ClF3N5O. The average Bonchev–Trinajstić information content (AvgIpc) is 2.19. The van der Waals surface area contributed by atoms with E-state index in [1.54, 1.807) is 4.90 Å². The maximum absolute atomic E-state index is 11.9. The van der Waals surface area contributed by atoms with Crippen LogP contribution < -0.4 is 10.6 Å². The van der Waals surface area contributed by atoms with Crippen molar-refractivity contribution >= 4 is 23.4 Å². The molecule has 2 heterocycles. The third-order valence-electron chi connectivity index (χ3n) is 2.27. The zero-order valence-corrected chi connectivity index (χ0v) is 9.74. The molecule has 0 radical (unpaired) electrons. The molecule has 2 rings (SSSR count). The summed E-state index contributed by atoms with van der Waals surface area (Å²) in [7, 11) is 0. The van der Waals surface area contributed by atoms with Crippen molar-refractivity contribution in [2.75, 3.05) is 30.3 Å². The number of hydrogen-bond donors (Lipinski definition) is 1. The summed E-state index contributed by atoms with van der Waals surface area (Å²) in [5, 5.41) is 7.23. The largest absolute Gasteiger partial charge is 0.411 e. The summed E-state index contributed by atoms with van der Waals surface area (Å²) in [6.07, 6.45) is -4.81. The highest BCUT2D eigenvalue weighted by Crippen LogP contribution is 2.23. The number of hydrogen-bond acceptors (Lipinski definition) is 6. The molecule has 1 aromatic heterocycles. The minimum atomic E-state index is -4.32. The first kappa shape index (κ1) is 13.1. The van der Waals surface area contributed by atoms with Gasteiger partial charge < -0.3 is 15.4 Å². The molecule has 0 aliphatic carbocycles. The predicted octanol–water partition coefficient (Wildman–Crippen LogP) is 0.875. The first-order valence-corrected chi connectivity index (χ1v) is 5.32. The van der Waals surface area contributed by atoms with E-state index in [4.69, 9.17) is 17.3 Å². The van der Waals surface area contributed by atoms with Gasteiger partial charge in [0.2, 0.25) is 5.95 Å². The molecule has 18 heavy (non-hydrogen) atoms. The second-order valence-electron chi connectivity index (χ2n) is 3.74. The molecule has 1 aliphatic heterocycles. The first-order chi connectivity index (χ1) is 8.35. The molecule has 10 heteroatoms. The van der Waals surface area contributed by atoms with E-state index in [0.29, 0.717) is 0 Å². The Kier molecular flexibility index (Phi) is 3.44. The van der Waals surface area contributed by atoms with Gasteiger partial charge in [0.15, 0.2) is 11.0 Å². The van der Waals surface area contributed by atoms with Crippen LogP contribution in [0.4, 0.5) is 24.9 Å². The quantitative estimate of drug-likeness (QED) is 0.887. The molecule has 0 bridgehead atoms. The number of rotatable bonds is 3. The van der Waals surface area contributed by atoms with Crippen LogP contribution in [0, 0.1) is 0 Å². The number of halogens is 4. The van der Waals surface area contributed by atoms with Crippen LogP contribution in [0.5, 0.6) is 0 Å². The van der Waals surface area contributed by atoms with Crippen LogP contribution in [0.2, 0.25) is 5.15 Å². The molecule has 0 spiro atoms. The summed E-state index contributed by atoms with van der Waals surface area (Å²) in [5.41, 5.74) is 5.44. The van der Waals surface area contributed by atoms with Crippen molar-refractivity contribution in [1.82, 2.24) is 15.2 Å². The number of anilines is 2. The lowest BCUT2D eigenvalue weighted by Gasteiger charge is -2.38. The molecule has 100 valence electrons. The van der Waals surface area contributed by atoms with Crippen molar-refractivity contribution in [3.05, 3.63) is 5.15 Å². The Labute approximate surface area is 105 Å². The Morgan fingerprint density at radius 3 is 2.61 bits per heavy atom. The monoisotopic (exact) mass is 283 g/mol. The van der Waals surface area contributed by atoms with Gasteiger partial charge in [-0.3, -0.25) is 0 Å². The minimum absolute atomic E-state index is 0.0101. The highest BCUT2D eigenvalue weighted by molar-refractivity contribution is 6.31. The van der Waals surface area contributed by atoms with Crippen molar-refractivity contribution in [2.24, 2.45) is 0 Å². The molecule has 6 nitrogen and oxygen atoms in total. The molecule has 0 aromatic carbocycles. The van der Waals surface area contributed by atoms with Gasteiger partial charge in [-0.2, -0.15) is 18.2 Å². The Hall–Kier alpha value is -1.35. The van der Waals surface area contributed by atoms with Gasteiger partial charge in [0.05, 0.1) is 6.10 Å². The number of alkyl halides is 3. The van der Waals surface area contributed by atoms with E-state index >= 15 is 0 Å². The normalized spacial score (nSPS) is 16.8. The van der Waals surface area contributed by atoms with Gasteiger partial charge >= 0.3 is 6.18 Å². The van der Waals surface area contributed by atoms with Crippen LogP contribution in [0.1, 0.15) is 0 Å². The van der Waals surface area contributed by atoms with Crippen molar-refractivity contribution < 1.29 is 17.9 Å². The van der Waals surface area contributed by atoms with Crippen molar-refractivity contribution in [1.29, 1.82) is 0 Å². The average molecular weight is 284 g/mol. The van der Waals surface area contributed by atoms with Gasteiger partial charge in [-0.25, -0.2) is 0 Å². The third-order valence-corrected chi connectivity index (χ3v) is 2.54. The van der Waals surface area contributed by atoms with Gasteiger partial charge in [0.1, 0.15) is 6.61 Å². The van der Waals surface area contributed by atoms with Gasteiger partial charge in [-0.15, -0.1) is 10.2 Å². The Bertz CT molecular complexity index is 437. The van der Waals surface area contributed by atoms with Crippen molar-refractivity contribution in [2.45, 2.75) is 12.3 Å². The summed E-state index contributed by atoms with van der Waals surface area (Å²) >= 11 is 5.55. The second kappa shape index (κ2) is 4.73. The standard InChI is InChI=1S/C8H9ClF3N5O/c9-5-6(13)14-7(16-15-5)17-1-4(2-17)18-3-8(10,11)12/h4H,1-3H2,(H2,13,14,16). The molecule has 1 saturated heterocycles. The summed E-state index contributed by atoms with van der Waals surface area (Å²) in [4.78, 5) is 5.46. The fourth-order valence-corrected chi connectivity index (χ4v) is 1.45. The number of ether oxygens (including phenoxy) is 1. The number of nitrogens with two attached hydrogens (primary N) is 1. The minimum Gasteiger partial charge on any atom is -0.381 e. The van der Waals surface area contributed by atoms with Gasteiger partial charge in [-0.1, -0.05) is 11.6 Å². The van der Waals surface area contributed by atoms with Crippen LogP contribution in [-0.2, 0) is 4.74 Å². The topological polar surface area (TPSA) is 77.2 Å². The molecule has 0 unspecified atom stereocenters. The van der Waals surface area contributed by atoms with Gasteiger partial charge in [0, 0.05) is 13.1 Å². The van der Waals surface area contributed by atoms with Crippen LogP contribution in [0.15, 0.2) is 0 Å². The smallest absolute Gasteiger partial charge is 0.381 e.